The van der Waals surface area contributed by atoms with E-state index in [0.29, 0.717) is 32.0 Å². The van der Waals surface area contributed by atoms with E-state index in [1.54, 1.807) is 28.9 Å². The second-order valence-corrected chi connectivity index (χ2v) is 4.47. The van der Waals surface area contributed by atoms with Crippen LogP contribution in [0.1, 0.15) is 17.5 Å². The van der Waals surface area contributed by atoms with Gasteiger partial charge < -0.3 is 20.1 Å². The van der Waals surface area contributed by atoms with E-state index in [2.05, 4.69) is 15.6 Å². The predicted molar refractivity (Wildman–Crippen MR) is 69.6 cm³/mol. The second kappa shape index (κ2) is 5.83. The molecule has 2 rings (SSSR count). The van der Waals surface area contributed by atoms with Crippen LogP contribution in [0.25, 0.3) is 0 Å². The molecule has 19 heavy (non-hydrogen) atoms. The van der Waals surface area contributed by atoms with Gasteiger partial charge in [0.1, 0.15) is 6.04 Å². The molecular formula is C12H19N5O2. The summed E-state index contributed by atoms with van der Waals surface area (Å²) < 4.78 is 1.67. The SMILES string of the molecule is CCNC(=O)C1CNCCN1C(=O)c1nccn1C. The maximum Gasteiger partial charge on any atom is 0.290 e. The number of hydrogen-bond donors (Lipinski definition) is 2. The Kier molecular flexibility index (Phi) is 4.16. The molecule has 2 N–H and O–H groups in total. The summed E-state index contributed by atoms with van der Waals surface area (Å²) in [5, 5.41) is 5.90. The number of piperazine rings is 1. The number of carbonyl (C=O) groups excluding carboxylic acids is 2. The number of carbonyl (C=O) groups is 2. The van der Waals surface area contributed by atoms with Crippen molar-refractivity contribution in [3.63, 3.8) is 0 Å². The molecule has 1 aromatic heterocycles. The maximum atomic E-state index is 12.4. The Balaban J connectivity index is 2.18. The van der Waals surface area contributed by atoms with Crippen LogP contribution in [0.4, 0.5) is 0 Å². The Morgan fingerprint density at radius 2 is 2.37 bits per heavy atom. The fourth-order valence-corrected chi connectivity index (χ4v) is 2.17. The number of nitrogens with one attached hydrogen (secondary N) is 2. The average molecular weight is 265 g/mol. The zero-order valence-corrected chi connectivity index (χ0v) is 11.2. The third kappa shape index (κ3) is 2.76. The highest BCUT2D eigenvalue weighted by molar-refractivity contribution is 5.95. The van der Waals surface area contributed by atoms with Crippen molar-refractivity contribution in [2.75, 3.05) is 26.2 Å². The van der Waals surface area contributed by atoms with Gasteiger partial charge in [-0.25, -0.2) is 4.98 Å². The molecular weight excluding hydrogens is 246 g/mol. The van der Waals surface area contributed by atoms with Crippen molar-refractivity contribution in [3.05, 3.63) is 18.2 Å². The number of likely N-dealkylation sites (N-methyl/N-ethyl adjacent to an activating group) is 1. The third-order valence-corrected chi connectivity index (χ3v) is 3.17. The molecule has 104 valence electrons. The van der Waals surface area contributed by atoms with Crippen LogP contribution >= 0.6 is 0 Å². The lowest BCUT2D eigenvalue weighted by atomic mass is 10.1. The topological polar surface area (TPSA) is 79.3 Å². The van der Waals surface area contributed by atoms with Crippen LogP contribution in [0.2, 0.25) is 0 Å². The first-order valence-electron chi connectivity index (χ1n) is 6.42. The summed E-state index contributed by atoms with van der Waals surface area (Å²) >= 11 is 0. The minimum Gasteiger partial charge on any atom is -0.355 e. The number of aryl methyl sites for hydroxylation is 1. The summed E-state index contributed by atoms with van der Waals surface area (Å²) in [5.74, 6) is 0.0266. The van der Waals surface area contributed by atoms with Crippen LogP contribution in [0.3, 0.4) is 0 Å². The van der Waals surface area contributed by atoms with Crippen LogP contribution in [0.5, 0.6) is 0 Å². The smallest absolute Gasteiger partial charge is 0.290 e. The molecule has 1 saturated heterocycles. The Morgan fingerprint density at radius 1 is 1.58 bits per heavy atom. The molecule has 1 unspecified atom stereocenters. The van der Waals surface area contributed by atoms with Crippen molar-refractivity contribution in [1.29, 1.82) is 0 Å². The van der Waals surface area contributed by atoms with E-state index in [1.165, 1.54) is 0 Å². The van der Waals surface area contributed by atoms with Crippen LogP contribution in [-0.2, 0) is 11.8 Å². The number of aromatic nitrogens is 2. The van der Waals surface area contributed by atoms with Gasteiger partial charge in [0, 0.05) is 45.6 Å². The summed E-state index contributed by atoms with van der Waals surface area (Å²) in [6, 6.07) is -0.474. The molecule has 0 spiro atoms. The van der Waals surface area contributed by atoms with E-state index in [-0.39, 0.29) is 11.8 Å². The van der Waals surface area contributed by atoms with E-state index in [9.17, 15) is 9.59 Å². The van der Waals surface area contributed by atoms with E-state index in [4.69, 9.17) is 0 Å². The van der Waals surface area contributed by atoms with Gasteiger partial charge in [-0.3, -0.25) is 9.59 Å². The van der Waals surface area contributed by atoms with E-state index < -0.39 is 6.04 Å². The third-order valence-electron chi connectivity index (χ3n) is 3.17. The number of hydrogen-bond acceptors (Lipinski definition) is 4. The number of amides is 2. The van der Waals surface area contributed by atoms with Gasteiger partial charge in [0.25, 0.3) is 5.91 Å². The minimum atomic E-state index is -0.474. The van der Waals surface area contributed by atoms with E-state index in [1.807, 2.05) is 6.92 Å². The van der Waals surface area contributed by atoms with Gasteiger partial charge in [-0.05, 0) is 6.92 Å². The van der Waals surface area contributed by atoms with Crippen LogP contribution in [0.15, 0.2) is 12.4 Å². The molecule has 0 saturated carbocycles. The molecule has 2 heterocycles. The standard InChI is InChI=1S/C12H19N5O2/c1-3-14-11(18)9-8-13-4-7-17(9)12(19)10-15-5-6-16(10)2/h5-6,9,13H,3-4,7-8H2,1-2H3,(H,14,18). The molecule has 1 atom stereocenters. The first kappa shape index (κ1) is 13.5. The molecule has 1 aliphatic rings. The quantitative estimate of drug-likeness (QED) is 0.732. The van der Waals surface area contributed by atoms with Crippen LogP contribution in [-0.4, -0.2) is 58.5 Å². The Bertz CT molecular complexity index is 470. The molecule has 1 aliphatic heterocycles. The highest BCUT2D eigenvalue weighted by Gasteiger charge is 2.33. The first-order valence-corrected chi connectivity index (χ1v) is 6.42. The average Bonchev–Trinajstić information content (AvgIpc) is 2.84. The Morgan fingerprint density at radius 3 is 3.00 bits per heavy atom. The fourth-order valence-electron chi connectivity index (χ4n) is 2.17. The molecule has 0 bridgehead atoms. The Hall–Kier alpha value is -1.89. The van der Waals surface area contributed by atoms with Gasteiger partial charge >= 0.3 is 0 Å². The monoisotopic (exact) mass is 265 g/mol. The van der Waals surface area contributed by atoms with Crippen LogP contribution in [0, 0.1) is 0 Å². The molecule has 7 nitrogen and oxygen atoms in total. The summed E-state index contributed by atoms with van der Waals surface area (Å²) in [7, 11) is 1.77. The molecule has 0 aliphatic carbocycles. The summed E-state index contributed by atoms with van der Waals surface area (Å²) in [5.41, 5.74) is 0. The molecule has 1 fully saturated rings. The molecule has 1 aromatic rings. The summed E-state index contributed by atoms with van der Waals surface area (Å²) in [4.78, 5) is 30.1. The van der Waals surface area contributed by atoms with Crippen molar-refractivity contribution in [3.8, 4) is 0 Å². The largest absolute Gasteiger partial charge is 0.355 e. The number of imidazole rings is 1. The van der Waals surface area contributed by atoms with Gasteiger partial charge in [-0.1, -0.05) is 0 Å². The van der Waals surface area contributed by atoms with Gasteiger partial charge in [0.05, 0.1) is 0 Å². The van der Waals surface area contributed by atoms with Gasteiger partial charge in [-0.15, -0.1) is 0 Å². The zero-order chi connectivity index (χ0) is 13.8. The van der Waals surface area contributed by atoms with Gasteiger partial charge in [-0.2, -0.15) is 0 Å². The van der Waals surface area contributed by atoms with Crippen molar-refractivity contribution in [2.24, 2.45) is 7.05 Å². The van der Waals surface area contributed by atoms with Crippen LogP contribution < -0.4 is 10.6 Å². The van der Waals surface area contributed by atoms with Crippen molar-refractivity contribution < 1.29 is 9.59 Å². The normalized spacial score (nSPS) is 19.3. The molecule has 7 heteroatoms. The van der Waals surface area contributed by atoms with Crippen molar-refractivity contribution in [2.45, 2.75) is 13.0 Å². The summed E-state index contributed by atoms with van der Waals surface area (Å²) in [6.45, 7) is 4.08. The van der Waals surface area contributed by atoms with Gasteiger partial charge in [0.2, 0.25) is 5.91 Å². The zero-order valence-electron chi connectivity index (χ0n) is 11.2. The van der Waals surface area contributed by atoms with Crippen molar-refractivity contribution >= 4 is 11.8 Å². The minimum absolute atomic E-state index is 0.128. The first-order chi connectivity index (χ1) is 9.15. The van der Waals surface area contributed by atoms with E-state index in [0.717, 1.165) is 0 Å². The lowest BCUT2D eigenvalue weighted by Crippen LogP contribution is -2.59. The molecule has 0 radical (unpaired) electrons. The highest BCUT2D eigenvalue weighted by Crippen LogP contribution is 2.09. The molecule has 2 amide bonds. The Labute approximate surface area is 112 Å². The lowest BCUT2D eigenvalue weighted by Gasteiger charge is -2.34. The fraction of sp³-hybridized carbons (Fsp3) is 0.583. The van der Waals surface area contributed by atoms with E-state index >= 15 is 0 Å². The lowest BCUT2D eigenvalue weighted by molar-refractivity contribution is -0.126. The number of rotatable bonds is 3. The molecule has 0 aromatic carbocycles. The summed E-state index contributed by atoms with van der Waals surface area (Å²) in [6.07, 6.45) is 3.30. The predicted octanol–water partition coefficient (Wildman–Crippen LogP) is -1.03. The van der Waals surface area contributed by atoms with Crippen molar-refractivity contribution in [1.82, 2.24) is 25.1 Å². The number of nitrogens with zero attached hydrogens (tertiary/aromatic N) is 3. The highest BCUT2D eigenvalue weighted by atomic mass is 16.2. The second-order valence-electron chi connectivity index (χ2n) is 4.47. The maximum absolute atomic E-state index is 12.4. The van der Waals surface area contributed by atoms with Gasteiger partial charge in [0.15, 0.2) is 5.82 Å².